The molecule has 1 aromatic carbocycles. The molecule has 0 saturated carbocycles. The van der Waals surface area contributed by atoms with Gasteiger partial charge in [-0.15, -0.1) is 0 Å². The second-order valence-corrected chi connectivity index (χ2v) is 3.96. The number of rotatable bonds is 6. The summed E-state index contributed by atoms with van der Waals surface area (Å²) in [6, 6.07) is 7.23. The standard InChI is InChI=1S/C14H17NO4/c1-16-11-4-12(17-2)6-13(5-11)19-9-14-3-10(7-15)8-18-14/h3-6,8H,7,9,15H2,1-2H3. The van der Waals surface area contributed by atoms with Crippen LogP contribution in [0.2, 0.25) is 0 Å². The van der Waals surface area contributed by atoms with Gasteiger partial charge in [-0.1, -0.05) is 0 Å². The number of ether oxygens (including phenoxy) is 3. The molecule has 0 aliphatic rings. The summed E-state index contributed by atoms with van der Waals surface area (Å²) in [7, 11) is 3.19. The molecular weight excluding hydrogens is 246 g/mol. The maximum absolute atomic E-state index is 5.64. The lowest BCUT2D eigenvalue weighted by molar-refractivity contribution is 0.267. The Morgan fingerprint density at radius 3 is 2.16 bits per heavy atom. The summed E-state index contributed by atoms with van der Waals surface area (Å²) in [5, 5.41) is 0. The molecule has 0 atom stereocenters. The number of methoxy groups -OCH3 is 2. The van der Waals surface area contributed by atoms with Crippen molar-refractivity contribution in [2.24, 2.45) is 5.73 Å². The van der Waals surface area contributed by atoms with E-state index < -0.39 is 0 Å². The van der Waals surface area contributed by atoms with Crippen molar-refractivity contribution in [2.75, 3.05) is 14.2 Å². The van der Waals surface area contributed by atoms with Crippen LogP contribution in [0.25, 0.3) is 0 Å². The Morgan fingerprint density at radius 1 is 1.00 bits per heavy atom. The topological polar surface area (TPSA) is 66.8 Å². The van der Waals surface area contributed by atoms with Crippen LogP contribution < -0.4 is 19.9 Å². The van der Waals surface area contributed by atoms with Crippen molar-refractivity contribution in [1.82, 2.24) is 0 Å². The molecule has 0 spiro atoms. The van der Waals surface area contributed by atoms with Crippen LogP contribution in [-0.2, 0) is 13.2 Å². The van der Waals surface area contributed by atoms with Crippen LogP contribution in [0, 0.1) is 0 Å². The van der Waals surface area contributed by atoms with E-state index in [4.69, 9.17) is 24.4 Å². The summed E-state index contributed by atoms with van der Waals surface area (Å²) in [5.41, 5.74) is 6.46. The van der Waals surface area contributed by atoms with E-state index in [9.17, 15) is 0 Å². The predicted molar refractivity (Wildman–Crippen MR) is 70.5 cm³/mol. The van der Waals surface area contributed by atoms with E-state index in [0.717, 1.165) is 11.3 Å². The Balaban J connectivity index is 2.05. The maximum Gasteiger partial charge on any atom is 0.146 e. The third-order valence-corrected chi connectivity index (χ3v) is 2.65. The normalized spacial score (nSPS) is 10.3. The van der Waals surface area contributed by atoms with Gasteiger partial charge < -0.3 is 24.4 Å². The summed E-state index contributed by atoms with van der Waals surface area (Å²) in [6.45, 7) is 0.785. The van der Waals surface area contributed by atoms with E-state index in [1.165, 1.54) is 0 Å². The number of nitrogens with two attached hydrogens (primary N) is 1. The van der Waals surface area contributed by atoms with Crippen molar-refractivity contribution < 1.29 is 18.6 Å². The first-order valence-corrected chi connectivity index (χ1v) is 5.87. The second kappa shape index (κ2) is 6.15. The molecule has 0 radical (unpaired) electrons. The van der Waals surface area contributed by atoms with Gasteiger partial charge >= 0.3 is 0 Å². The molecule has 2 rings (SSSR count). The summed E-state index contributed by atoms with van der Waals surface area (Å²) >= 11 is 0. The number of hydrogen-bond acceptors (Lipinski definition) is 5. The minimum atomic E-state index is 0.330. The SMILES string of the molecule is COc1cc(OC)cc(OCc2cc(CN)co2)c1. The highest BCUT2D eigenvalue weighted by molar-refractivity contribution is 5.42. The molecule has 2 aromatic rings. The van der Waals surface area contributed by atoms with E-state index in [0.29, 0.717) is 30.4 Å². The second-order valence-electron chi connectivity index (χ2n) is 3.96. The van der Waals surface area contributed by atoms with Crippen molar-refractivity contribution in [3.05, 3.63) is 41.9 Å². The van der Waals surface area contributed by atoms with Crippen LogP contribution >= 0.6 is 0 Å². The van der Waals surface area contributed by atoms with Gasteiger partial charge in [0.2, 0.25) is 0 Å². The van der Waals surface area contributed by atoms with Crippen LogP contribution in [0.5, 0.6) is 17.2 Å². The Kier molecular flexibility index (Phi) is 4.30. The van der Waals surface area contributed by atoms with Gasteiger partial charge in [-0.3, -0.25) is 0 Å². The zero-order valence-electron chi connectivity index (χ0n) is 11.0. The molecule has 0 aliphatic heterocycles. The highest BCUT2D eigenvalue weighted by Crippen LogP contribution is 2.28. The molecule has 5 nitrogen and oxygen atoms in total. The number of benzene rings is 1. The average molecular weight is 263 g/mol. The first-order chi connectivity index (χ1) is 9.25. The van der Waals surface area contributed by atoms with Gasteiger partial charge in [0.05, 0.1) is 20.5 Å². The van der Waals surface area contributed by atoms with Crippen LogP contribution in [-0.4, -0.2) is 14.2 Å². The molecule has 0 aliphatic carbocycles. The van der Waals surface area contributed by atoms with Crippen molar-refractivity contribution in [3.63, 3.8) is 0 Å². The molecular formula is C14H17NO4. The minimum Gasteiger partial charge on any atom is -0.496 e. The first kappa shape index (κ1) is 13.3. The summed E-state index contributed by atoms with van der Waals surface area (Å²) in [6.07, 6.45) is 1.63. The molecule has 1 aromatic heterocycles. The molecule has 0 bridgehead atoms. The Morgan fingerprint density at radius 2 is 1.63 bits per heavy atom. The van der Waals surface area contributed by atoms with Crippen LogP contribution in [0.15, 0.2) is 34.9 Å². The van der Waals surface area contributed by atoms with Gasteiger partial charge in [0.1, 0.15) is 29.6 Å². The van der Waals surface area contributed by atoms with Crippen LogP contribution in [0.4, 0.5) is 0 Å². The predicted octanol–water partition coefficient (Wildman–Crippen LogP) is 2.33. The summed E-state index contributed by atoms with van der Waals surface area (Å²) in [4.78, 5) is 0. The van der Waals surface area contributed by atoms with E-state index >= 15 is 0 Å². The largest absolute Gasteiger partial charge is 0.496 e. The molecule has 19 heavy (non-hydrogen) atoms. The molecule has 2 N–H and O–H groups in total. The molecule has 102 valence electrons. The molecule has 0 fully saturated rings. The van der Waals surface area contributed by atoms with E-state index in [-0.39, 0.29) is 0 Å². The van der Waals surface area contributed by atoms with Gasteiger partial charge in [-0.25, -0.2) is 0 Å². The summed E-state index contributed by atoms with van der Waals surface area (Å²) in [5.74, 6) is 2.73. The third kappa shape index (κ3) is 3.42. The number of hydrogen-bond donors (Lipinski definition) is 1. The molecule has 5 heteroatoms. The van der Waals surface area contributed by atoms with E-state index in [1.54, 1.807) is 38.7 Å². The van der Waals surface area contributed by atoms with E-state index in [1.807, 2.05) is 6.07 Å². The highest BCUT2D eigenvalue weighted by atomic mass is 16.5. The first-order valence-electron chi connectivity index (χ1n) is 5.87. The highest BCUT2D eigenvalue weighted by Gasteiger charge is 2.05. The molecule has 0 unspecified atom stereocenters. The third-order valence-electron chi connectivity index (χ3n) is 2.65. The van der Waals surface area contributed by atoms with Gasteiger partial charge in [0, 0.05) is 30.3 Å². The zero-order chi connectivity index (χ0) is 13.7. The van der Waals surface area contributed by atoms with Crippen molar-refractivity contribution in [1.29, 1.82) is 0 Å². The smallest absolute Gasteiger partial charge is 0.146 e. The molecule has 1 heterocycles. The lowest BCUT2D eigenvalue weighted by atomic mass is 10.3. The van der Waals surface area contributed by atoms with Gasteiger partial charge in [-0.2, -0.15) is 0 Å². The maximum atomic E-state index is 5.64. The van der Waals surface area contributed by atoms with Crippen molar-refractivity contribution in [3.8, 4) is 17.2 Å². The Bertz CT molecular complexity index is 514. The lowest BCUT2D eigenvalue weighted by Crippen LogP contribution is -1.96. The Hall–Kier alpha value is -2.14. The lowest BCUT2D eigenvalue weighted by Gasteiger charge is -2.09. The minimum absolute atomic E-state index is 0.330. The van der Waals surface area contributed by atoms with Gasteiger partial charge in [0.25, 0.3) is 0 Å². The fraction of sp³-hybridized carbons (Fsp3) is 0.286. The quantitative estimate of drug-likeness (QED) is 0.866. The fourth-order valence-corrected chi connectivity index (χ4v) is 1.63. The molecule has 0 amide bonds. The van der Waals surface area contributed by atoms with E-state index in [2.05, 4.69) is 0 Å². The average Bonchev–Trinajstić information content (AvgIpc) is 2.92. The van der Waals surface area contributed by atoms with Gasteiger partial charge in [0.15, 0.2) is 0 Å². The number of furan rings is 1. The monoisotopic (exact) mass is 263 g/mol. The van der Waals surface area contributed by atoms with Crippen molar-refractivity contribution >= 4 is 0 Å². The zero-order valence-corrected chi connectivity index (χ0v) is 11.0. The summed E-state index contributed by atoms with van der Waals surface area (Å²) < 4.78 is 21.3. The van der Waals surface area contributed by atoms with Crippen LogP contribution in [0.3, 0.4) is 0 Å². The van der Waals surface area contributed by atoms with Crippen molar-refractivity contribution in [2.45, 2.75) is 13.2 Å². The Labute approximate surface area is 111 Å². The van der Waals surface area contributed by atoms with Crippen LogP contribution in [0.1, 0.15) is 11.3 Å². The molecule has 0 saturated heterocycles. The fourth-order valence-electron chi connectivity index (χ4n) is 1.63. The van der Waals surface area contributed by atoms with Gasteiger partial charge in [-0.05, 0) is 6.07 Å².